The van der Waals surface area contributed by atoms with Crippen LogP contribution in [0.4, 0.5) is 5.69 Å². The van der Waals surface area contributed by atoms with Crippen molar-refractivity contribution in [3.8, 4) is 5.75 Å². The van der Waals surface area contributed by atoms with E-state index in [4.69, 9.17) is 0 Å². The van der Waals surface area contributed by atoms with Crippen molar-refractivity contribution in [3.63, 3.8) is 0 Å². The van der Waals surface area contributed by atoms with Crippen molar-refractivity contribution in [2.45, 2.75) is 13.8 Å². The summed E-state index contributed by atoms with van der Waals surface area (Å²) in [6.45, 7) is 8.63. The molecule has 1 fully saturated rings. The number of benzene rings is 1. The summed E-state index contributed by atoms with van der Waals surface area (Å²) in [4.78, 5) is 16.4. The van der Waals surface area contributed by atoms with Crippen LogP contribution >= 0.6 is 0 Å². The molecule has 0 aliphatic carbocycles. The number of rotatable bonds is 4. The number of hydrogen-bond acceptors (Lipinski definition) is 4. The molecule has 0 aromatic heterocycles. The highest BCUT2D eigenvalue weighted by Gasteiger charge is 2.20. The van der Waals surface area contributed by atoms with Crippen LogP contribution in [0, 0.1) is 6.92 Å². The molecule has 0 spiro atoms. The summed E-state index contributed by atoms with van der Waals surface area (Å²) >= 11 is 0. The van der Waals surface area contributed by atoms with Gasteiger partial charge in [-0.25, -0.2) is 0 Å². The number of nitrogens with zero attached hydrogens (tertiary/aromatic N) is 2. The van der Waals surface area contributed by atoms with Gasteiger partial charge in [0.15, 0.2) is 0 Å². The number of hydrogen-bond donors (Lipinski definition) is 2. The Morgan fingerprint density at radius 3 is 2.75 bits per heavy atom. The van der Waals surface area contributed by atoms with Crippen LogP contribution in [0.3, 0.4) is 0 Å². The Labute approximate surface area is 120 Å². The van der Waals surface area contributed by atoms with Crippen LogP contribution in [0.15, 0.2) is 18.2 Å². The maximum Gasteiger partial charge on any atom is 0.241 e. The molecule has 1 aromatic rings. The summed E-state index contributed by atoms with van der Waals surface area (Å²) in [5.74, 6) is 0.280. The fourth-order valence-electron chi connectivity index (χ4n) is 2.52. The van der Waals surface area contributed by atoms with Gasteiger partial charge in [0.2, 0.25) is 5.91 Å². The van der Waals surface area contributed by atoms with E-state index in [0.29, 0.717) is 13.1 Å². The van der Waals surface area contributed by atoms with Crippen LogP contribution in [0.1, 0.15) is 12.5 Å². The number of aromatic hydroxyl groups is 1. The van der Waals surface area contributed by atoms with Gasteiger partial charge in [0, 0.05) is 38.8 Å². The Morgan fingerprint density at radius 2 is 2.10 bits per heavy atom. The number of carbonyl (C=O) groups is 1. The quantitative estimate of drug-likeness (QED) is 0.860. The van der Waals surface area contributed by atoms with Gasteiger partial charge in [-0.05, 0) is 25.5 Å². The van der Waals surface area contributed by atoms with E-state index in [1.165, 1.54) is 0 Å². The number of nitrogens with one attached hydrogen (secondary N) is 1. The third-order valence-corrected chi connectivity index (χ3v) is 3.67. The molecule has 2 N–H and O–H groups in total. The first-order chi connectivity index (χ1) is 9.61. The molecule has 1 aliphatic rings. The summed E-state index contributed by atoms with van der Waals surface area (Å²) in [6.07, 6.45) is 0. The zero-order valence-corrected chi connectivity index (χ0v) is 12.2. The molecule has 0 saturated carbocycles. The van der Waals surface area contributed by atoms with Crippen LogP contribution in [0.25, 0.3) is 0 Å². The molecule has 5 heteroatoms. The SMILES string of the molecule is CCN(C(=O)CN1CCNCC1)c1cc(O)ccc1C. The van der Waals surface area contributed by atoms with Crippen molar-refractivity contribution in [1.29, 1.82) is 0 Å². The second-order valence-electron chi connectivity index (χ2n) is 5.13. The number of phenols is 1. The fourth-order valence-corrected chi connectivity index (χ4v) is 2.52. The van der Waals surface area contributed by atoms with E-state index in [-0.39, 0.29) is 11.7 Å². The third-order valence-electron chi connectivity index (χ3n) is 3.67. The van der Waals surface area contributed by atoms with E-state index in [2.05, 4.69) is 10.2 Å². The summed E-state index contributed by atoms with van der Waals surface area (Å²) in [5, 5.41) is 12.9. The van der Waals surface area contributed by atoms with Crippen molar-refractivity contribution in [2.24, 2.45) is 0 Å². The molecule has 0 bridgehead atoms. The van der Waals surface area contributed by atoms with Crippen LogP contribution in [-0.2, 0) is 4.79 Å². The first kappa shape index (κ1) is 14.8. The highest BCUT2D eigenvalue weighted by molar-refractivity contribution is 5.95. The van der Waals surface area contributed by atoms with Crippen molar-refractivity contribution in [1.82, 2.24) is 10.2 Å². The van der Waals surface area contributed by atoms with Gasteiger partial charge >= 0.3 is 0 Å². The van der Waals surface area contributed by atoms with Crippen LogP contribution in [0.2, 0.25) is 0 Å². The van der Waals surface area contributed by atoms with E-state index in [1.807, 2.05) is 19.9 Å². The highest BCUT2D eigenvalue weighted by Crippen LogP contribution is 2.25. The van der Waals surface area contributed by atoms with Gasteiger partial charge in [-0.2, -0.15) is 0 Å². The Bertz CT molecular complexity index is 470. The molecule has 1 saturated heterocycles. The molecule has 110 valence electrons. The van der Waals surface area contributed by atoms with Gasteiger partial charge in [0.25, 0.3) is 0 Å². The number of carbonyl (C=O) groups excluding carboxylic acids is 1. The van der Waals surface area contributed by atoms with E-state index < -0.39 is 0 Å². The Kier molecular flexibility index (Phi) is 4.98. The van der Waals surface area contributed by atoms with E-state index in [0.717, 1.165) is 37.4 Å². The molecule has 1 heterocycles. The minimum Gasteiger partial charge on any atom is -0.508 e. The predicted octanol–water partition coefficient (Wildman–Crippen LogP) is 0.959. The normalized spacial score (nSPS) is 16.1. The topological polar surface area (TPSA) is 55.8 Å². The lowest BCUT2D eigenvalue weighted by atomic mass is 10.1. The smallest absolute Gasteiger partial charge is 0.241 e. The summed E-state index contributed by atoms with van der Waals surface area (Å²) in [5.41, 5.74) is 1.80. The molecule has 0 unspecified atom stereocenters. The zero-order chi connectivity index (χ0) is 14.5. The maximum atomic E-state index is 12.5. The van der Waals surface area contributed by atoms with Crippen LogP contribution in [-0.4, -0.2) is 55.2 Å². The van der Waals surface area contributed by atoms with Crippen molar-refractivity contribution in [3.05, 3.63) is 23.8 Å². The van der Waals surface area contributed by atoms with Gasteiger partial charge in [-0.15, -0.1) is 0 Å². The Morgan fingerprint density at radius 1 is 1.40 bits per heavy atom. The van der Waals surface area contributed by atoms with Gasteiger partial charge in [-0.3, -0.25) is 9.69 Å². The minimum absolute atomic E-state index is 0.0862. The molecule has 1 aromatic carbocycles. The lowest BCUT2D eigenvalue weighted by Crippen LogP contribution is -2.48. The summed E-state index contributed by atoms with van der Waals surface area (Å²) in [6, 6.07) is 5.15. The predicted molar refractivity (Wildman–Crippen MR) is 80.2 cm³/mol. The number of amides is 1. The Balaban J connectivity index is 2.10. The molecule has 1 amide bonds. The molecule has 2 rings (SSSR count). The summed E-state index contributed by atoms with van der Waals surface area (Å²) < 4.78 is 0. The van der Waals surface area contributed by atoms with Gasteiger partial charge in [-0.1, -0.05) is 6.07 Å². The molecule has 0 atom stereocenters. The van der Waals surface area contributed by atoms with Crippen LogP contribution in [0.5, 0.6) is 5.75 Å². The molecular weight excluding hydrogens is 254 g/mol. The van der Waals surface area contributed by atoms with Crippen LogP contribution < -0.4 is 10.2 Å². The first-order valence-corrected chi connectivity index (χ1v) is 7.15. The Hall–Kier alpha value is -1.59. The van der Waals surface area contributed by atoms with E-state index in [1.54, 1.807) is 17.0 Å². The number of aryl methyl sites for hydroxylation is 1. The number of phenolic OH excluding ortho intramolecular Hbond substituents is 1. The average Bonchev–Trinajstić information content (AvgIpc) is 2.44. The van der Waals surface area contributed by atoms with Gasteiger partial charge < -0.3 is 15.3 Å². The average molecular weight is 277 g/mol. The van der Waals surface area contributed by atoms with Crippen molar-refractivity contribution < 1.29 is 9.90 Å². The highest BCUT2D eigenvalue weighted by atomic mass is 16.3. The minimum atomic E-state index is 0.0862. The van der Waals surface area contributed by atoms with E-state index in [9.17, 15) is 9.90 Å². The lowest BCUT2D eigenvalue weighted by molar-refractivity contribution is -0.119. The largest absolute Gasteiger partial charge is 0.508 e. The summed E-state index contributed by atoms with van der Waals surface area (Å²) in [7, 11) is 0. The van der Waals surface area contributed by atoms with Gasteiger partial charge in [0.05, 0.1) is 12.2 Å². The number of piperazine rings is 1. The number of likely N-dealkylation sites (N-methyl/N-ethyl adjacent to an activating group) is 1. The zero-order valence-electron chi connectivity index (χ0n) is 12.2. The second-order valence-corrected chi connectivity index (χ2v) is 5.13. The first-order valence-electron chi connectivity index (χ1n) is 7.15. The molecule has 5 nitrogen and oxygen atoms in total. The van der Waals surface area contributed by atoms with Crippen molar-refractivity contribution in [2.75, 3.05) is 44.2 Å². The van der Waals surface area contributed by atoms with E-state index >= 15 is 0 Å². The standard InChI is InChI=1S/C15H23N3O2/c1-3-18(14-10-13(19)5-4-12(14)2)15(20)11-17-8-6-16-7-9-17/h4-5,10,16,19H,3,6-9,11H2,1-2H3. The third kappa shape index (κ3) is 3.49. The fraction of sp³-hybridized carbons (Fsp3) is 0.533. The van der Waals surface area contributed by atoms with Gasteiger partial charge in [0.1, 0.15) is 5.75 Å². The monoisotopic (exact) mass is 277 g/mol. The molecule has 20 heavy (non-hydrogen) atoms. The van der Waals surface area contributed by atoms with Crippen molar-refractivity contribution >= 4 is 11.6 Å². The maximum absolute atomic E-state index is 12.5. The second kappa shape index (κ2) is 6.72. The number of anilines is 1. The molecule has 1 aliphatic heterocycles. The molecular formula is C15H23N3O2. The lowest BCUT2D eigenvalue weighted by Gasteiger charge is -2.30. The molecule has 0 radical (unpaired) electrons.